The first-order chi connectivity index (χ1) is 14.3. The standard InChI is InChI=1S/C20H24N4O4S2/c1-4-9-21-30(26,27)18-7-5-16(6-8-18)19(25)23-20-22-17(13-29-20)12-24-10-14(2)28-15(3)11-24/h1,5-8,13-15,21H,9-12H2,2-3H3,(H,22,23,25). The first kappa shape index (κ1) is 22.4. The van der Waals surface area contributed by atoms with Crippen molar-refractivity contribution in [2.45, 2.75) is 37.5 Å². The summed E-state index contributed by atoms with van der Waals surface area (Å²) in [6.45, 7) is 6.39. The second-order valence-corrected chi connectivity index (χ2v) is 9.73. The number of hydrogen-bond donors (Lipinski definition) is 2. The lowest BCUT2D eigenvalue weighted by atomic mass is 10.2. The molecule has 8 nitrogen and oxygen atoms in total. The molecule has 10 heteroatoms. The molecule has 1 aromatic heterocycles. The third kappa shape index (κ3) is 5.87. The molecular formula is C20H24N4O4S2. The van der Waals surface area contributed by atoms with Gasteiger partial charge in [0.15, 0.2) is 5.13 Å². The fourth-order valence-electron chi connectivity index (χ4n) is 3.25. The maximum absolute atomic E-state index is 12.5. The SMILES string of the molecule is C#CCNS(=O)(=O)c1ccc(C(=O)Nc2nc(CN3CC(C)OC(C)C3)cs2)cc1. The van der Waals surface area contributed by atoms with Gasteiger partial charge in [-0.1, -0.05) is 5.92 Å². The van der Waals surface area contributed by atoms with Crippen molar-refractivity contribution in [1.82, 2.24) is 14.6 Å². The summed E-state index contributed by atoms with van der Waals surface area (Å²) in [6, 6.07) is 5.62. The topological polar surface area (TPSA) is 101 Å². The van der Waals surface area contributed by atoms with Crippen LogP contribution in [0.4, 0.5) is 5.13 Å². The van der Waals surface area contributed by atoms with E-state index in [9.17, 15) is 13.2 Å². The molecule has 2 aromatic rings. The molecular weight excluding hydrogens is 424 g/mol. The Hall–Kier alpha value is -2.29. The molecule has 1 aromatic carbocycles. The zero-order valence-corrected chi connectivity index (χ0v) is 18.4. The predicted molar refractivity (Wildman–Crippen MR) is 116 cm³/mol. The molecule has 1 fully saturated rings. The maximum atomic E-state index is 12.5. The van der Waals surface area contributed by atoms with Gasteiger partial charge in [0.1, 0.15) is 0 Å². The van der Waals surface area contributed by atoms with E-state index in [4.69, 9.17) is 11.2 Å². The van der Waals surface area contributed by atoms with Crippen molar-refractivity contribution >= 4 is 32.4 Å². The van der Waals surface area contributed by atoms with Gasteiger partial charge in [-0.2, -0.15) is 4.72 Å². The Morgan fingerprint density at radius 3 is 2.60 bits per heavy atom. The van der Waals surface area contributed by atoms with E-state index in [1.54, 1.807) is 0 Å². The fraction of sp³-hybridized carbons (Fsp3) is 0.400. The van der Waals surface area contributed by atoms with Crippen LogP contribution in [0.3, 0.4) is 0 Å². The monoisotopic (exact) mass is 448 g/mol. The van der Waals surface area contributed by atoms with Crippen molar-refractivity contribution < 1.29 is 17.9 Å². The minimum atomic E-state index is -3.69. The minimum Gasteiger partial charge on any atom is -0.373 e. The van der Waals surface area contributed by atoms with Gasteiger partial charge in [0.2, 0.25) is 10.0 Å². The number of terminal acetylenes is 1. The van der Waals surface area contributed by atoms with E-state index in [1.807, 2.05) is 5.38 Å². The predicted octanol–water partition coefficient (Wildman–Crippen LogP) is 1.92. The number of hydrogen-bond acceptors (Lipinski definition) is 7. The largest absolute Gasteiger partial charge is 0.373 e. The highest BCUT2D eigenvalue weighted by atomic mass is 32.2. The van der Waals surface area contributed by atoms with E-state index < -0.39 is 10.0 Å². The van der Waals surface area contributed by atoms with Crippen LogP contribution in [0.5, 0.6) is 0 Å². The summed E-state index contributed by atoms with van der Waals surface area (Å²) in [4.78, 5) is 19.3. The number of morpholine rings is 1. The molecule has 30 heavy (non-hydrogen) atoms. The van der Waals surface area contributed by atoms with Crippen LogP contribution in [0.2, 0.25) is 0 Å². The van der Waals surface area contributed by atoms with E-state index in [-0.39, 0.29) is 29.6 Å². The van der Waals surface area contributed by atoms with Crippen molar-refractivity contribution in [2.75, 3.05) is 25.0 Å². The zero-order valence-electron chi connectivity index (χ0n) is 16.8. The number of aromatic nitrogens is 1. The Kier molecular flexibility index (Phi) is 7.23. The molecule has 2 N–H and O–H groups in total. The second-order valence-electron chi connectivity index (χ2n) is 7.10. The zero-order chi connectivity index (χ0) is 21.7. The summed E-state index contributed by atoms with van der Waals surface area (Å²) in [6.07, 6.45) is 5.44. The van der Waals surface area contributed by atoms with E-state index in [0.29, 0.717) is 17.2 Å². The highest BCUT2D eigenvalue weighted by Gasteiger charge is 2.23. The van der Waals surface area contributed by atoms with Crippen molar-refractivity contribution in [3.05, 3.63) is 40.9 Å². The number of sulfonamides is 1. The second kappa shape index (κ2) is 9.68. The van der Waals surface area contributed by atoms with Crippen LogP contribution in [0.25, 0.3) is 0 Å². The molecule has 1 aliphatic heterocycles. The van der Waals surface area contributed by atoms with Gasteiger partial charge in [-0.3, -0.25) is 15.0 Å². The Morgan fingerprint density at radius 1 is 1.30 bits per heavy atom. The minimum absolute atomic E-state index is 0.0415. The smallest absolute Gasteiger partial charge is 0.257 e. The number of carbonyl (C=O) groups is 1. The number of nitrogens with one attached hydrogen (secondary N) is 2. The molecule has 0 aliphatic carbocycles. The molecule has 0 saturated carbocycles. The van der Waals surface area contributed by atoms with E-state index in [0.717, 1.165) is 18.8 Å². The first-order valence-electron chi connectivity index (χ1n) is 9.43. The number of ether oxygens (including phenoxy) is 1. The van der Waals surface area contributed by atoms with Gasteiger partial charge in [-0.15, -0.1) is 17.8 Å². The lowest BCUT2D eigenvalue weighted by Crippen LogP contribution is -2.44. The van der Waals surface area contributed by atoms with E-state index >= 15 is 0 Å². The molecule has 1 saturated heterocycles. The molecule has 160 valence electrons. The van der Waals surface area contributed by atoms with Crippen molar-refractivity contribution in [2.24, 2.45) is 0 Å². The third-order valence-electron chi connectivity index (χ3n) is 4.44. The highest BCUT2D eigenvalue weighted by molar-refractivity contribution is 7.89. The Balaban J connectivity index is 1.59. The van der Waals surface area contributed by atoms with E-state index in [2.05, 4.69) is 39.7 Å². The lowest BCUT2D eigenvalue weighted by Gasteiger charge is -2.34. The van der Waals surface area contributed by atoms with Gasteiger partial charge in [0.05, 0.1) is 29.3 Å². The molecule has 0 spiro atoms. The van der Waals surface area contributed by atoms with Crippen molar-refractivity contribution in [3.63, 3.8) is 0 Å². The molecule has 2 heterocycles. The summed E-state index contributed by atoms with van der Waals surface area (Å²) >= 11 is 1.35. The van der Waals surface area contributed by atoms with Crippen LogP contribution in [0, 0.1) is 12.3 Å². The molecule has 0 bridgehead atoms. The van der Waals surface area contributed by atoms with Gasteiger partial charge in [0, 0.05) is 30.6 Å². The van der Waals surface area contributed by atoms with Gasteiger partial charge in [-0.25, -0.2) is 13.4 Å². The van der Waals surface area contributed by atoms with Crippen LogP contribution in [0.15, 0.2) is 34.5 Å². The van der Waals surface area contributed by atoms with Crippen LogP contribution < -0.4 is 10.0 Å². The summed E-state index contributed by atoms with van der Waals surface area (Å²) in [5.41, 5.74) is 1.22. The number of benzene rings is 1. The average molecular weight is 449 g/mol. The van der Waals surface area contributed by atoms with Crippen LogP contribution in [0.1, 0.15) is 29.9 Å². The number of carbonyl (C=O) groups excluding carboxylic acids is 1. The molecule has 0 radical (unpaired) electrons. The quantitative estimate of drug-likeness (QED) is 0.628. The van der Waals surface area contributed by atoms with Crippen LogP contribution in [-0.2, 0) is 21.3 Å². The fourth-order valence-corrected chi connectivity index (χ4v) is 4.89. The molecule has 2 atom stereocenters. The summed E-state index contributed by atoms with van der Waals surface area (Å²) < 4.78 is 32.1. The first-order valence-corrected chi connectivity index (χ1v) is 11.8. The number of rotatable bonds is 7. The summed E-state index contributed by atoms with van der Waals surface area (Å²) in [5, 5.41) is 5.18. The number of anilines is 1. The van der Waals surface area contributed by atoms with Gasteiger partial charge in [0.25, 0.3) is 5.91 Å². The Bertz CT molecular complexity index is 1020. The highest BCUT2D eigenvalue weighted by Crippen LogP contribution is 2.20. The summed E-state index contributed by atoms with van der Waals surface area (Å²) in [7, 11) is -3.69. The molecule has 1 amide bonds. The normalized spacial score (nSPS) is 19.9. The third-order valence-corrected chi connectivity index (χ3v) is 6.67. The van der Waals surface area contributed by atoms with Crippen LogP contribution in [-0.4, -0.2) is 56.1 Å². The van der Waals surface area contributed by atoms with Gasteiger partial charge >= 0.3 is 0 Å². The molecule has 1 aliphatic rings. The average Bonchev–Trinajstić information content (AvgIpc) is 3.12. The molecule has 2 unspecified atom stereocenters. The lowest BCUT2D eigenvalue weighted by molar-refractivity contribution is -0.0707. The van der Waals surface area contributed by atoms with E-state index in [1.165, 1.54) is 35.6 Å². The number of amides is 1. The van der Waals surface area contributed by atoms with Crippen molar-refractivity contribution in [3.8, 4) is 12.3 Å². The van der Waals surface area contributed by atoms with Crippen LogP contribution >= 0.6 is 11.3 Å². The van der Waals surface area contributed by atoms with Gasteiger partial charge in [-0.05, 0) is 38.1 Å². The Morgan fingerprint density at radius 2 is 1.97 bits per heavy atom. The Labute approximate surface area is 180 Å². The number of nitrogens with zero attached hydrogens (tertiary/aromatic N) is 2. The molecule has 3 rings (SSSR count). The van der Waals surface area contributed by atoms with Gasteiger partial charge < -0.3 is 4.74 Å². The number of thiazole rings is 1. The van der Waals surface area contributed by atoms with Crippen molar-refractivity contribution in [1.29, 1.82) is 0 Å². The summed E-state index contributed by atoms with van der Waals surface area (Å²) in [5.74, 6) is 1.86. The maximum Gasteiger partial charge on any atom is 0.257 e.